The van der Waals surface area contributed by atoms with Crippen LogP contribution in [0.5, 0.6) is 0 Å². The van der Waals surface area contributed by atoms with Crippen LogP contribution in [0.1, 0.15) is 18.4 Å². The third kappa shape index (κ3) is 1.77. The van der Waals surface area contributed by atoms with Crippen LogP contribution in [0.3, 0.4) is 0 Å². The van der Waals surface area contributed by atoms with Crippen molar-refractivity contribution in [2.24, 2.45) is 0 Å². The summed E-state index contributed by atoms with van der Waals surface area (Å²) in [5.41, 5.74) is 1.50. The Morgan fingerprint density at radius 3 is 2.55 bits per heavy atom. The van der Waals surface area contributed by atoms with Crippen LogP contribution in [0.2, 0.25) is 0 Å². The molecule has 4 heteroatoms. The minimum atomic E-state index is -1.36. The van der Waals surface area contributed by atoms with E-state index in [1.165, 1.54) is 11.3 Å². The van der Waals surface area contributed by atoms with Crippen molar-refractivity contribution < 1.29 is 10.0 Å². The Balaban J connectivity index is 2.96. The lowest BCUT2D eigenvalue weighted by Gasteiger charge is -2.00. The largest absolute Gasteiger partial charge is 0.489 e. The van der Waals surface area contributed by atoms with Crippen molar-refractivity contribution in [2.45, 2.75) is 12.8 Å². The SMILES string of the molecule is [CH2+]C(C)c1cscc1B(O)O. The fourth-order valence-electron chi connectivity index (χ4n) is 0.927. The molecule has 0 bridgehead atoms. The monoisotopic (exact) mass is 169 g/mol. The average Bonchev–Trinajstić information content (AvgIpc) is 2.32. The van der Waals surface area contributed by atoms with E-state index < -0.39 is 7.12 Å². The first kappa shape index (κ1) is 8.65. The van der Waals surface area contributed by atoms with Crippen LogP contribution in [-0.4, -0.2) is 17.2 Å². The van der Waals surface area contributed by atoms with Crippen molar-refractivity contribution in [1.29, 1.82) is 0 Å². The van der Waals surface area contributed by atoms with E-state index in [9.17, 15) is 0 Å². The van der Waals surface area contributed by atoms with Crippen molar-refractivity contribution in [1.82, 2.24) is 0 Å². The molecular weight excluding hydrogens is 159 g/mol. The second kappa shape index (κ2) is 3.30. The van der Waals surface area contributed by atoms with Gasteiger partial charge in [0, 0.05) is 11.0 Å². The summed E-state index contributed by atoms with van der Waals surface area (Å²) in [6.07, 6.45) is 0. The van der Waals surface area contributed by atoms with Gasteiger partial charge in [-0.3, -0.25) is 0 Å². The molecule has 0 aliphatic rings. The highest BCUT2D eigenvalue weighted by molar-refractivity contribution is 7.09. The first-order chi connectivity index (χ1) is 5.13. The average molecular weight is 169 g/mol. The Morgan fingerprint density at radius 1 is 1.55 bits per heavy atom. The van der Waals surface area contributed by atoms with Gasteiger partial charge >= 0.3 is 7.12 Å². The summed E-state index contributed by atoms with van der Waals surface area (Å²) in [4.78, 5) is 0. The van der Waals surface area contributed by atoms with E-state index in [-0.39, 0.29) is 5.92 Å². The van der Waals surface area contributed by atoms with Crippen LogP contribution >= 0.6 is 11.3 Å². The molecular formula is C7H10BO2S+. The molecule has 0 spiro atoms. The summed E-state index contributed by atoms with van der Waals surface area (Å²) in [5, 5.41) is 21.4. The van der Waals surface area contributed by atoms with Gasteiger partial charge in [0.1, 0.15) is 5.92 Å². The predicted octanol–water partition coefficient (Wildman–Crippen LogP) is 0.365. The molecule has 1 rings (SSSR count). The summed E-state index contributed by atoms with van der Waals surface area (Å²) < 4.78 is 0. The molecule has 0 saturated heterocycles. The Labute approximate surface area is 70.6 Å². The van der Waals surface area contributed by atoms with Crippen molar-refractivity contribution >= 4 is 23.9 Å². The Hall–Kier alpha value is -0.445. The summed E-state index contributed by atoms with van der Waals surface area (Å²) in [7, 11) is -1.36. The lowest BCUT2D eigenvalue weighted by atomic mass is 9.77. The molecule has 0 fully saturated rings. The summed E-state index contributed by atoms with van der Waals surface area (Å²) >= 11 is 1.46. The van der Waals surface area contributed by atoms with Gasteiger partial charge in [-0.1, -0.05) is 0 Å². The third-order valence-electron chi connectivity index (χ3n) is 1.53. The van der Waals surface area contributed by atoms with Gasteiger partial charge in [-0.25, -0.2) is 0 Å². The fraction of sp³-hybridized carbons (Fsp3) is 0.286. The van der Waals surface area contributed by atoms with Crippen LogP contribution in [0.4, 0.5) is 0 Å². The van der Waals surface area contributed by atoms with E-state index in [1.807, 2.05) is 12.3 Å². The van der Waals surface area contributed by atoms with Gasteiger partial charge in [-0.05, 0) is 17.7 Å². The van der Waals surface area contributed by atoms with Crippen molar-refractivity contribution in [3.8, 4) is 0 Å². The molecule has 0 aliphatic heterocycles. The highest BCUT2D eigenvalue weighted by atomic mass is 32.1. The standard InChI is InChI=1S/C7H10BO2S/c1-5(2)6-3-11-4-7(6)8(9)10/h3-5,9-10H,1H2,2H3/q+1. The Kier molecular flexibility index (Phi) is 2.60. The van der Waals surface area contributed by atoms with Gasteiger partial charge in [0.2, 0.25) is 0 Å². The van der Waals surface area contributed by atoms with Gasteiger partial charge in [0.05, 0.1) is 6.92 Å². The van der Waals surface area contributed by atoms with E-state index in [1.54, 1.807) is 5.38 Å². The second-order valence-corrected chi connectivity index (χ2v) is 3.30. The van der Waals surface area contributed by atoms with Gasteiger partial charge in [0.25, 0.3) is 0 Å². The van der Waals surface area contributed by atoms with Crippen molar-refractivity contribution in [2.75, 3.05) is 0 Å². The summed E-state index contributed by atoms with van der Waals surface area (Å²) in [6.45, 7) is 5.73. The van der Waals surface area contributed by atoms with Crippen LogP contribution in [-0.2, 0) is 0 Å². The number of thiophene rings is 1. The number of rotatable bonds is 2. The zero-order chi connectivity index (χ0) is 8.43. The number of hydrogen-bond donors (Lipinski definition) is 2. The minimum absolute atomic E-state index is 0.109. The smallest absolute Gasteiger partial charge is 0.423 e. The van der Waals surface area contributed by atoms with E-state index in [4.69, 9.17) is 10.0 Å². The van der Waals surface area contributed by atoms with Crippen molar-refractivity contribution in [3.05, 3.63) is 23.2 Å². The molecule has 1 heterocycles. The fourth-order valence-corrected chi connectivity index (χ4v) is 1.91. The van der Waals surface area contributed by atoms with Crippen LogP contribution < -0.4 is 5.46 Å². The molecule has 2 N–H and O–H groups in total. The maximum Gasteiger partial charge on any atom is 0.489 e. The molecule has 0 aliphatic carbocycles. The zero-order valence-corrected chi connectivity index (χ0v) is 7.14. The van der Waals surface area contributed by atoms with E-state index in [2.05, 4.69) is 6.92 Å². The minimum Gasteiger partial charge on any atom is -0.423 e. The molecule has 0 amide bonds. The van der Waals surface area contributed by atoms with E-state index >= 15 is 0 Å². The molecule has 2 nitrogen and oxygen atoms in total. The first-order valence-corrected chi connectivity index (χ1v) is 4.32. The molecule has 1 aromatic heterocycles. The predicted molar refractivity (Wildman–Crippen MR) is 47.9 cm³/mol. The number of hydrogen-bond acceptors (Lipinski definition) is 3. The summed E-state index contributed by atoms with van der Waals surface area (Å²) in [6, 6.07) is 0. The van der Waals surface area contributed by atoms with Gasteiger partial charge < -0.3 is 10.0 Å². The molecule has 0 saturated carbocycles. The molecule has 1 atom stereocenters. The topological polar surface area (TPSA) is 40.5 Å². The molecule has 0 aromatic carbocycles. The third-order valence-corrected chi connectivity index (χ3v) is 2.31. The zero-order valence-electron chi connectivity index (χ0n) is 6.32. The van der Waals surface area contributed by atoms with E-state index in [0.717, 1.165) is 5.56 Å². The molecule has 0 radical (unpaired) electrons. The maximum absolute atomic E-state index is 8.88. The molecule has 58 valence electrons. The van der Waals surface area contributed by atoms with E-state index in [0.29, 0.717) is 5.46 Å². The Morgan fingerprint density at radius 2 is 2.18 bits per heavy atom. The normalized spacial score (nSPS) is 13.0. The highest BCUT2D eigenvalue weighted by Gasteiger charge is 2.20. The van der Waals surface area contributed by atoms with Gasteiger partial charge in [0.15, 0.2) is 0 Å². The van der Waals surface area contributed by atoms with Crippen LogP contribution in [0.25, 0.3) is 0 Å². The van der Waals surface area contributed by atoms with Crippen molar-refractivity contribution in [3.63, 3.8) is 0 Å². The lowest BCUT2D eigenvalue weighted by Crippen LogP contribution is -2.31. The molecule has 1 aromatic rings. The Bertz CT molecular complexity index is 210. The lowest BCUT2D eigenvalue weighted by molar-refractivity contribution is 0.425. The maximum atomic E-state index is 8.88. The molecule has 1 unspecified atom stereocenters. The van der Waals surface area contributed by atoms with Crippen LogP contribution in [0, 0.1) is 6.92 Å². The van der Waals surface area contributed by atoms with Gasteiger partial charge in [-0.2, -0.15) is 11.3 Å². The second-order valence-electron chi connectivity index (χ2n) is 2.56. The highest BCUT2D eigenvalue weighted by Crippen LogP contribution is 2.14. The van der Waals surface area contributed by atoms with Crippen LogP contribution in [0.15, 0.2) is 10.8 Å². The first-order valence-electron chi connectivity index (χ1n) is 3.38. The quantitative estimate of drug-likeness (QED) is 0.495. The summed E-state index contributed by atoms with van der Waals surface area (Å²) in [5.74, 6) is 0.109. The van der Waals surface area contributed by atoms with Gasteiger partial charge in [-0.15, -0.1) is 0 Å². The molecule has 11 heavy (non-hydrogen) atoms.